The first kappa shape index (κ1) is 13.1. The van der Waals surface area contributed by atoms with Crippen molar-refractivity contribution in [3.63, 3.8) is 0 Å². The van der Waals surface area contributed by atoms with Crippen molar-refractivity contribution >= 4 is 5.91 Å². The number of nitrogens with two attached hydrogens (primary N) is 1. The van der Waals surface area contributed by atoms with E-state index < -0.39 is 0 Å². The van der Waals surface area contributed by atoms with Crippen LogP contribution in [0.1, 0.15) is 48.5 Å². The molecule has 1 amide bonds. The number of hydrogen-bond acceptors (Lipinski definition) is 2. The van der Waals surface area contributed by atoms with Gasteiger partial charge in [0, 0.05) is 18.2 Å². The minimum Gasteiger partial charge on any atom is -0.349 e. The van der Waals surface area contributed by atoms with Crippen LogP contribution in [-0.2, 0) is 6.54 Å². The molecule has 3 nitrogen and oxygen atoms in total. The van der Waals surface area contributed by atoms with Crippen LogP contribution in [0.4, 0.5) is 0 Å². The molecule has 0 bridgehead atoms. The van der Waals surface area contributed by atoms with Gasteiger partial charge < -0.3 is 11.1 Å². The van der Waals surface area contributed by atoms with Crippen LogP contribution in [0.5, 0.6) is 0 Å². The summed E-state index contributed by atoms with van der Waals surface area (Å²) < 4.78 is 0. The van der Waals surface area contributed by atoms with Crippen molar-refractivity contribution in [2.24, 2.45) is 11.7 Å². The van der Waals surface area contributed by atoms with Crippen LogP contribution < -0.4 is 11.1 Å². The van der Waals surface area contributed by atoms with E-state index in [2.05, 4.69) is 12.2 Å². The maximum Gasteiger partial charge on any atom is 0.251 e. The molecule has 0 heterocycles. The molecule has 18 heavy (non-hydrogen) atoms. The van der Waals surface area contributed by atoms with Crippen molar-refractivity contribution in [2.45, 2.75) is 45.2 Å². The first-order valence-electron chi connectivity index (χ1n) is 6.80. The molecule has 98 valence electrons. The van der Waals surface area contributed by atoms with Crippen molar-refractivity contribution < 1.29 is 4.79 Å². The second kappa shape index (κ2) is 6.01. The number of carbonyl (C=O) groups is 1. The molecular weight excluding hydrogens is 224 g/mol. The summed E-state index contributed by atoms with van der Waals surface area (Å²) in [6.45, 7) is 2.63. The van der Waals surface area contributed by atoms with Gasteiger partial charge in [-0.3, -0.25) is 4.79 Å². The fourth-order valence-corrected chi connectivity index (χ4v) is 2.66. The monoisotopic (exact) mass is 246 g/mol. The summed E-state index contributed by atoms with van der Waals surface area (Å²) in [5.41, 5.74) is 7.31. The summed E-state index contributed by atoms with van der Waals surface area (Å²) in [7, 11) is 0. The number of rotatable bonds is 4. The zero-order valence-electron chi connectivity index (χ0n) is 11.0. The van der Waals surface area contributed by atoms with Gasteiger partial charge in [-0.15, -0.1) is 0 Å². The van der Waals surface area contributed by atoms with Crippen LogP contribution in [0.3, 0.4) is 0 Å². The Labute approximate surface area is 109 Å². The second-order valence-electron chi connectivity index (χ2n) is 5.21. The summed E-state index contributed by atoms with van der Waals surface area (Å²) in [5, 5.41) is 3.11. The van der Waals surface area contributed by atoms with Gasteiger partial charge in [-0.1, -0.05) is 25.0 Å². The van der Waals surface area contributed by atoms with Gasteiger partial charge in [0.1, 0.15) is 0 Å². The molecule has 1 fully saturated rings. The van der Waals surface area contributed by atoms with E-state index in [-0.39, 0.29) is 11.9 Å². The van der Waals surface area contributed by atoms with Gasteiger partial charge in [-0.25, -0.2) is 0 Å². The van der Waals surface area contributed by atoms with Crippen LogP contribution in [0.25, 0.3) is 0 Å². The number of hydrogen-bond donors (Lipinski definition) is 2. The van der Waals surface area contributed by atoms with Crippen molar-refractivity contribution in [1.82, 2.24) is 5.32 Å². The predicted molar refractivity (Wildman–Crippen MR) is 73.2 cm³/mol. The predicted octanol–water partition coefficient (Wildman–Crippen LogP) is 2.45. The highest BCUT2D eigenvalue weighted by Gasteiger charge is 2.22. The quantitative estimate of drug-likeness (QED) is 0.857. The fraction of sp³-hybridized carbons (Fsp3) is 0.533. The molecule has 3 heteroatoms. The van der Waals surface area contributed by atoms with E-state index in [9.17, 15) is 4.79 Å². The van der Waals surface area contributed by atoms with E-state index in [1.54, 1.807) is 0 Å². The lowest BCUT2D eigenvalue weighted by Gasteiger charge is -2.20. The van der Waals surface area contributed by atoms with Crippen molar-refractivity contribution in [3.8, 4) is 0 Å². The first-order valence-corrected chi connectivity index (χ1v) is 6.80. The van der Waals surface area contributed by atoms with Crippen LogP contribution in [0.2, 0.25) is 0 Å². The highest BCUT2D eigenvalue weighted by molar-refractivity contribution is 5.94. The summed E-state index contributed by atoms with van der Waals surface area (Å²) in [6.07, 6.45) is 5.09. The van der Waals surface area contributed by atoms with E-state index in [1.807, 2.05) is 24.3 Å². The van der Waals surface area contributed by atoms with Crippen LogP contribution >= 0.6 is 0 Å². The Kier molecular flexibility index (Phi) is 4.37. The van der Waals surface area contributed by atoms with Gasteiger partial charge in [0.25, 0.3) is 5.91 Å². The molecule has 1 atom stereocenters. The maximum atomic E-state index is 12.1. The average Bonchev–Trinajstić information content (AvgIpc) is 2.92. The standard InChI is InChI=1S/C15H22N2O/c1-11(13-4-2-3-5-13)17-15(18)14-8-6-12(10-16)7-9-14/h6-9,11,13H,2-5,10,16H2,1H3,(H,17,18)/t11-/m1/s1. The topological polar surface area (TPSA) is 55.1 Å². The lowest BCUT2D eigenvalue weighted by molar-refractivity contribution is 0.0927. The molecule has 1 aliphatic rings. The molecular formula is C15H22N2O. The lowest BCUT2D eigenvalue weighted by atomic mass is 9.99. The third-order valence-electron chi connectivity index (χ3n) is 3.92. The zero-order chi connectivity index (χ0) is 13.0. The third-order valence-corrected chi connectivity index (χ3v) is 3.92. The largest absolute Gasteiger partial charge is 0.349 e. The van der Waals surface area contributed by atoms with Crippen molar-refractivity contribution in [1.29, 1.82) is 0 Å². The Balaban J connectivity index is 1.93. The number of nitrogens with one attached hydrogen (secondary N) is 1. The van der Waals surface area contributed by atoms with Gasteiger partial charge in [0.05, 0.1) is 0 Å². The van der Waals surface area contributed by atoms with Gasteiger partial charge >= 0.3 is 0 Å². The Morgan fingerprint density at radius 1 is 1.33 bits per heavy atom. The molecule has 1 aromatic rings. The summed E-state index contributed by atoms with van der Waals surface area (Å²) >= 11 is 0. The van der Waals surface area contributed by atoms with Crippen LogP contribution in [0, 0.1) is 5.92 Å². The molecule has 0 aromatic heterocycles. The van der Waals surface area contributed by atoms with Crippen LogP contribution in [0.15, 0.2) is 24.3 Å². The fourth-order valence-electron chi connectivity index (χ4n) is 2.66. The normalized spacial score (nSPS) is 17.7. The highest BCUT2D eigenvalue weighted by atomic mass is 16.1. The molecule has 1 aromatic carbocycles. The molecule has 0 saturated heterocycles. The smallest absolute Gasteiger partial charge is 0.251 e. The maximum absolute atomic E-state index is 12.1. The van der Waals surface area contributed by atoms with Gasteiger partial charge in [0.15, 0.2) is 0 Å². The summed E-state index contributed by atoms with van der Waals surface area (Å²) in [4.78, 5) is 12.1. The molecule has 2 rings (SSSR count). The van der Waals surface area contributed by atoms with Crippen molar-refractivity contribution in [3.05, 3.63) is 35.4 Å². The molecule has 0 unspecified atom stereocenters. The first-order chi connectivity index (χ1) is 8.70. The van der Waals surface area contributed by atoms with E-state index in [4.69, 9.17) is 5.73 Å². The Morgan fingerprint density at radius 3 is 2.50 bits per heavy atom. The van der Waals surface area contributed by atoms with Gasteiger partial charge in [-0.2, -0.15) is 0 Å². The minimum absolute atomic E-state index is 0.0259. The average molecular weight is 246 g/mol. The highest BCUT2D eigenvalue weighted by Crippen LogP contribution is 2.27. The number of carbonyl (C=O) groups excluding carboxylic acids is 1. The van der Waals surface area contributed by atoms with E-state index >= 15 is 0 Å². The third kappa shape index (κ3) is 3.10. The Hall–Kier alpha value is -1.35. The molecule has 0 aliphatic heterocycles. The molecule has 1 saturated carbocycles. The summed E-state index contributed by atoms with van der Waals surface area (Å²) in [5.74, 6) is 0.676. The van der Waals surface area contributed by atoms with E-state index in [1.165, 1.54) is 25.7 Å². The second-order valence-corrected chi connectivity index (χ2v) is 5.21. The summed E-state index contributed by atoms with van der Waals surface area (Å²) in [6, 6.07) is 7.79. The van der Waals surface area contributed by atoms with Gasteiger partial charge in [0.2, 0.25) is 0 Å². The molecule has 3 N–H and O–H groups in total. The van der Waals surface area contributed by atoms with Crippen LogP contribution in [-0.4, -0.2) is 11.9 Å². The molecule has 0 spiro atoms. The minimum atomic E-state index is 0.0259. The van der Waals surface area contributed by atoms with E-state index in [0.29, 0.717) is 12.5 Å². The zero-order valence-corrected chi connectivity index (χ0v) is 11.0. The number of amides is 1. The van der Waals surface area contributed by atoms with Crippen molar-refractivity contribution in [2.75, 3.05) is 0 Å². The Morgan fingerprint density at radius 2 is 1.94 bits per heavy atom. The number of benzene rings is 1. The van der Waals surface area contributed by atoms with E-state index in [0.717, 1.165) is 11.1 Å². The Bertz CT molecular complexity index is 393. The van der Waals surface area contributed by atoms with Gasteiger partial charge in [-0.05, 0) is 43.4 Å². The molecule has 0 radical (unpaired) electrons. The molecule has 1 aliphatic carbocycles. The SMILES string of the molecule is C[C@@H](NC(=O)c1ccc(CN)cc1)C1CCCC1. The lowest BCUT2D eigenvalue weighted by Crippen LogP contribution is -2.37.